The Balaban J connectivity index is 2.04. The first-order valence-electron chi connectivity index (χ1n) is 6.97. The van der Waals surface area contributed by atoms with E-state index in [1.54, 1.807) is 4.90 Å². The number of carbonyl (C=O) groups is 2. The quantitative estimate of drug-likeness (QED) is 0.740. The van der Waals surface area contributed by atoms with Crippen LogP contribution in [0.5, 0.6) is 0 Å². The molecule has 1 aliphatic carbocycles. The van der Waals surface area contributed by atoms with Gasteiger partial charge in [0, 0.05) is 25.0 Å². The fourth-order valence-electron chi connectivity index (χ4n) is 3.07. The highest BCUT2D eigenvalue weighted by atomic mass is 16.2. The van der Waals surface area contributed by atoms with Crippen molar-refractivity contribution in [3.63, 3.8) is 0 Å². The van der Waals surface area contributed by atoms with Gasteiger partial charge in [0.25, 0.3) is 0 Å². The van der Waals surface area contributed by atoms with Gasteiger partial charge in [0.2, 0.25) is 11.8 Å². The van der Waals surface area contributed by atoms with Crippen LogP contribution in [0.25, 0.3) is 0 Å². The first-order valence-corrected chi connectivity index (χ1v) is 6.97. The van der Waals surface area contributed by atoms with E-state index in [2.05, 4.69) is 5.32 Å². The molecule has 18 heavy (non-hydrogen) atoms. The Kier molecular flexibility index (Phi) is 4.22. The van der Waals surface area contributed by atoms with Gasteiger partial charge in [-0.25, -0.2) is 0 Å². The fourth-order valence-corrected chi connectivity index (χ4v) is 3.07. The van der Waals surface area contributed by atoms with Crippen LogP contribution in [0, 0.1) is 5.92 Å². The normalized spacial score (nSPS) is 33.1. The molecule has 0 aromatic rings. The molecule has 5 nitrogen and oxygen atoms in total. The Labute approximate surface area is 108 Å². The van der Waals surface area contributed by atoms with E-state index in [-0.39, 0.29) is 29.8 Å². The number of nitrogens with two attached hydrogens (primary N) is 1. The molecular weight excluding hydrogens is 230 g/mol. The van der Waals surface area contributed by atoms with Gasteiger partial charge in [-0.05, 0) is 25.7 Å². The highest BCUT2D eigenvalue weighted by Crippen LogP contribution is 2.26. The number of carbonyl (C=O) groups excluding carboxylic acids is 2. The number of rotatable bonds is 2. The maximum Gasteiger partial charge on any atom is 0.242 e. The molecule has 2 rings (SSSR count). The molecule has 2 aliphatic rings. The van der Waals surface area contributed by atoms with Crippen LogP contribution in [0.2, 0.25) is 0 Å². The van der Waals surface area contributed by atoms with Crippen LogP contribution in [0.3, 0.4) is 0 Å². The lowest BCUT2D eigenvalue weighted by atomic mass is 9.84. The van der Waals surface area contributed by atoms with Crippen molar-refractivity contribution in [2.45, 2.75) is 51.1 Å². The van der Waals surface area contributed by atoms with Crippen LogP contribution in [0.15, 0.2) is 0 Å². The smallest absolute Gasteiger partial charge is 0.242 e. The minimum atomic E-state index is -0.288. The number of hydrogen-bond acceptors (Lipinski definition) is 3. The topological polar surface area (TPSA) is 75.4 Å². The average molecular weight is 253 g/mol. The van der Waals surface area contributed by atoms with Crippen molar-refractivity contribution in [2.75, 3.05) is 13.1 Å². The van der Waals surface area contributed by atoms with Gasteiger partial charge < -0.3 is 16.0 Å². The molecule has 3 N–H and O–H groups in total. The van der Waals surface area contributed by atoms with Gasteiger partial charge in [-0.2, -0.15) is 0 Å². The lowest BCUT2D eigenvalue weighted by Crippen LogP contribution is -2.58. The van der Waals surface area contributed by atoms with Gasteiger partial charge in [-0.1, -0.05) is 13.3 Å². The van der Waals surface area contributed by atoms with Crippen molar-refractivity contribution in [2.24, 2.45) is 11.7 Å². The van der Waals surface area contributed by atoms with Crippen LogP contribution in [-0.4, -0.2) is 41.9 Å². The standard InChI is InChI=1S/C13H23N3O2/c1-2-11-12(17)15-6-7-16(11)13(18)9-4-3-5-10(14)8-9/h9-11H,2-8,14H2,1H3,(H,15,17). The third-order valence-electron chi connectivity index (χ3n) is 4.06. The summed E-state index contributed by atoms with van der Waals surface area (Å²) in [6.45, 7) is 3.15. The van der Waals surface area contributed by atoms with Crippen molar-refractivity contribution in [1.29, 1.82) is 0 Å². The Morgan fingerprint density at radius 3 is 2.94 bits per heavy atom. The summed E-state index contributed by atoms with van der Waals surface area (Å²) in [5.41, 5.74) is 5.94. The first-order chi connectivity index (χ1) is 8.63. The summed E-state index contributed by atoms with van der Waals surface area (Å²) < 4.78 is 0. The second-order valence-electron chi connectivity index (χ2n) is 5.37. The summed E-state index contributed by atoms with van der Waals surface area (Å²) in [5, 5.41) is 2.82. The monoisotopic (exact) mass is 253 g/mol. The van der Waals surface area contributed by atoms with Crippen molar-refractivity contribution in [3.05, 3.63) is 0 Å². The highest BCUT2D eigenvalue weighted by Gasteiger charge is 2.36. The van der Waals surface area contributed by atoms with Crippen LogP contribution >= 0.6 is 0 Å². The summed E-state index contributed by atoms with van der Waals surface area (Å²) >= 11 is 0. The van der Waals surface area contributed by atoms with Crippen LogP contribution in [0.4, 0.5) is 0 Å². The minimum absolute atomic E-state index is 0.0165. The lowest BCUT2D eigenvalue weighted by molar-refractivity contribution is -0.147. The summed E-state index contributed by atoms with van der Waals surface area (Å²) in [4.78, 5) is 26.0. The molecule has 0 aromatic carbocycles. The molecule has 3 unspecified atom stereocenters. The van der Waals surface area contributed by atoms with Crippen molar-refractivity contribution in [1.82, 2.24) is 10.2 Å². The van der Waals surface area contributed by atoms with E-state index in [1.165, 1.54) is 0 Å². The largest absolute Gasteiger partial charge is 0.353 e. The number of nitrogens with one attached hydrogen (secondary N) is 1. The summed E-state index contributed by atoms with van der Waals surface area (Å²) in [7, 11) is 0. The van der Waals surface area contributed by atoms with Crippen LogP contribution in [0.1, 0.15) is 39.0 Å². The Bertz CT molecular complexity index is 332. The van der Waals surface area contributed by atoms with E-state index in [9.17, 15) is 9.59 Å². The summed E-state index contributed by atoms with van der Waals surface area (Å²) in [6, 6.07) is -0.143. The maximum absolute atomic E-state index is 12.5. The van der Waals surface area contributed by atoms with E-state index in [0.717, 1.165) is 25.7 Å². The SMILES string of the molecule is CCC1C(=O)NCCN1C(=O)C1CCCC(N)C1. The predicted molar refractivity (Wildman–Crippen MR) is 68.7 cm³/mol. The van der Waals surface area contributed by atoms with Gasteiger partial charge in [0.15, 0.2) is 0 Å². The number of amides is 2. The fraction of sp³-hybridized carbons (Fsp3) is 0.846. The number of piperazine rings is 1. The molecule has 0 aromatic heterocycles. The van der Waals surface area contributed by atoms with E-state index < -0.39 is 0 Å². The Morgan fingerprint density at radius 2 is 2.28 bits per heavy atom. The van der Waals surface area contributed by atoms with Crippen LogP contribution in [-0.2, 0) is 9.59 Å². The van der Waals surface area contributed by atoms with E-state index in [4.69, 9.17) is 5.73 Å². The molecule has 102 valence electrons. The molecule has 1 aliphatic heterocycles. The van der Waals surface area contributed by atoms with E-state index >= 15 is 0 Å². The van der Waals surface area contributed by atoms with Gasteiger partial charge >= 0.3 is 0 Å². The minimum Gasteiger partial charge on any atom is -0.353 e. The molecule has 3 atom stereocenters. The second-order valence-corrected chi connectivity index (χ2v) is 5.37. The highest BCUT2D eigenvalue weighted by molar-refractivity contribution is 5.89. The third kappa shape index (κ3) is 2.66. The summed E-state index contributed by atoms with van der Waals surface area (Å²) in [5.74, 6) is 0.137. The second kappa shape index (κ2) is 5.69. The van der Waals surface area contributed by atoms with Gasteiger partial charge in [-0.15, -0.1) is 0 Å². The Hall–Kier alpha value is -1.10. The number of nitrogens with zero attached hydrogens (tertiary/aromatic N) is 1. The molecule has 1 saturated carbocycles. The molecular formula is C13H23N3O2. The third-order valence-corrected chi connectivity index (χ3v) is 4.06. The Morgan fingerprint density at radius 1 is 1.50 bits per heavy atom. The zero-order chi connectivity index (χ0) is 13.1. The van der Waals surface area contributed by atoms with E-state index in [0.29, 0.717) is 19.5 Å². The molecule has 0 radical (unpaired) electrons. The molecule has 0 bridgehead atoms. The molecule has 5 heteroatoms. The molecule has 0 spiro atoms. The molecule has 2 amide bonds. The van der Waals surface area contributed by atoms with Gasteiger partial charge in [0.1, 0.15) is 6.04 Å². The zero-order valence-electron chi connectivity index (χ0n) is 11.0. The number of hydrogen-bond donors (Lipinski definition) is 2. The zero-order valence-corrected chi connectivity index (χ0v) is 11.0. The molecule has 1 saturated heterocycles. The van der Waals surface area contributed by atoms with Gasteiger partial charge in [0.05, 0.1) is 0 Å². The maximum atomic E-state index is 12.5. The predicted octanol–water partition coefficient (Wildman–Crippen LogP) is 0.241. The lowest BCUT2D eigenvalue weighted by Gasteiger charge is -2.38. The van der Waals surface area contributed by atoms with Crippen molar-refractivity contribution in [3.8, 4) is 0 Å². The average Bonchev–Trinajstić information content (AvgIpc) is 2.37. The van der Waals surface area contributed by atoms with Crippen LogP contribution < -0.4 is 11.1 Å². The summed E-state index contributed by atoms with van der Waals surface area (Å²) in [6.07, 6.45) is 4.40. The molecule has 2 fully saturated rings. The van der Waals surface area contributed by atoms with E-state index in [1.807, 2.05) is 6.92 Å². The van der Waals surface area contributed by atoms with Crippen molar-refractivity contribution < 1.29 is 9.59 Å². The van der Waals surface area contributed by atoms with Crippen molar-refractivity contribution >= 4 is 11.8 Å². The van der Waals surface area contributed by atoms with Gasteiger partial charge in [-0.3, -0.25) is 9.59 Å². The first kappa shape index (κ1) is 13.3. The molecule has 1 heterocycles.